The molecule has 6 heteroatoms. The number of benzene rings is 1. The molecule has 0 aliphatic heterocycles. The molecule has 3 aromatic rings. The highest BCUT2D eigenvalue weighted by molar-refractivity contribution is 9.11. The van der Waals surface area contributed by atoms with Gasteiger partial charge in [-0.3, -0.25) is 0 Å². The Bertz CT molecular complexity index is 713. The van der Waals surface area contributed by atoms with Crippen LogP contribution in [-0.2, 0) is 0 Å². The summed E-state index contributed by atoms with van der Waals surface area (Å²) in [6.07, 6.45) is 0. The zero-order valence-corrected chi connectivity index (χ0v) is 13.3. The van der Waals surface area contributed by atoms with Crippen molar-refractivity contribution in [3.8, 4) is 32.4 Å². The van der Waals surface area contributed by atoms with Crippen molar-refractivity contribution in [1.82, 2.24) is 0 Å². The predicted octanol–water partition coefficient (Wildman–Crippen LogP) is 4.11. The average Bonchev–Trinajstić information content (AvgIpc) is 3.00. The van der Waals surface area contributed by atoms with E-state index in [1.165, 1.54) is 22.7 Å². The SMILES string of the molecule is [B]c1ccc(-c2cc(O)c(-c3ccc(Br)s3)cc2O)s1. The number of aromatic hydroxyl groups is 2. The molecule has 2 aromatic heterocycles. The van der Waals surface area contributed by atoms with Crippen LogP contribution < -0.4 is 4.78 Å². The molecule has 0 spiro atoms. The van der Waals surface area contributed by atoms with E-state index in [1.54, 1.807) is 18.2 Å². The van der Waals surface area contributed by atoms with Crippen LogP contribution in [0.25, 0.3) is 20.9 Å². The van der Waals surface area contributed by atoms with E-state index in [9.17, 15) is 10.2 Å². The molecule has 0 saturated heterocycles. The molecule has 20 heavy (non-hydrogen) atoms. The normalized spacial score (nSPS) is 10.8. The first kappa shape index (κ1) is 13.7. The smallest absolute Gasteiger partial charge is 0.128 e. The monoisotopic (exact) mass is 362 g/mol. The van der Waals surface area contributed by atoms with Crippen LogP contribution in [0.3, 0.4) is 0 Å². The van der Waals surface area contributed by atoms with Crippen LogP contribution in [0.1, 0.15) is 0 Å². The lowest BCUT2D eigenvalue weighted by atomic mass is 10.1. The van der Waals surface area contributed by atoms with Crippen molar-refractivity contribution < 1.29 is 10.2 Å². The Morgan fingerprint density at radius 1 is 0.850 bits per heavy atom. The Hall–Kier alpha value is -1.24. The van der Waals surface area contributed by atoms with Gasteiger partial charge in [-0.1, -0.05) is 6.07 Å². The number of thiophene rings is 2. The summed E-state index contributed by atoms with van der Waals surface area (Å²) in [5, 5.41) is 20.4. The number of phenols is 2. The van der Waals surface area contributed by atoms with E-state index in [2.05, 4.69) is 15.9 Å². The van der Waals surface area contributed by atoms with Crippen molar-refractivity contribution in [3.05, 3.63) is 40.2 Å². The minimum absolute atomic E-state index is 0.129. The second kappa shape index (κ2) is 5.28. The van der Waals surface area contributed by atoms with E-state index >= 15 is 0 Å². The number of hydrogen-bond acceptors (Lipinski definition) is 4. The standard InChI is InChI=1S/C14H8BBrO2S2/c15-13-3-1-11(19-13)7-5-10(18)8(6-9(7)17)12-2-4-14(16)20-12/h1-6,17-18H. The Balaban J connectivity index is 2.11. The summed E-state index contributed by atoms with van der Waals surface area (Å²) in [6, 6.07) is 10.6. The van der Waals surface area contributed by atoms with Gasteiger partial charge in [-0.15, -0.1) is 11.3 Å². The van der Waals surface area contributed by atoms with Crippen LogP contribution in [0.4, 0.5) is 0 Å². The van der Waals surface area contributed by atoms with Gasteiger partial charge in [0.1, 0.15) is 19.3 Å². The predicted molar refractivity (Wildman–Crippen MR) is 89.5 cm³/mol. The molecular weight excluding hydrogens is 355 g/mol. The molecule has 0 aliphatic rings. The van der Waals surface area contributed by atoms with Crippen LogP contribution in [0.15, 0.2) is 40.2 Å². The lowest BCUT2D eigenvalue weighted by molar-refractivity contribution is 0.464. The third-order valence-corrected chi connectivity index (χ3v) is 5.45. The van der Waals surface area contributed by atoms with Crippen molar-refractivity contribution in [2.24, 2.45) is 0 Å². The first-order chi connectivity index (χ1) is 9.54. The minimum Gasteiger partial charge on any atom is -0.507 e. The topological polar surface area (TPSA) is 40.5 Å². The molecule has 0 bridgehead atoms. The Kier molecular flexibility index (Phi) is 3.62. The molecule has 2 N–H and O–H groups in total. The molecule has 0 fully saturated rings. The maximum atomic E-state index is 10.2. The highest BCUT2D eigenvalue weighted by Crippen LogP contribution is 2.43. The molecule has 0 unspecified atom stereocenters. The third-order valence-electron chi connectivity index (χ3n) is 2.84. The molecule has 2 heterocycles. The van der Waals surface area contributed by atoms with Crippen molar-refractivity contribution >= 4 is 51.2 Å². The van der Waals surface area contributed by atoms with E-state index in [4.69, 9.17) is 7.85 Å². The Morgan fingerprint density at radius 3 is 1.85 bits per heavy atom. The van der Waals surface area contributed by atoms with Crippen LogP contribution >= 0.6 is 38.6 Å². The quantitative estimate of drug-likeness (QED) is 0.532. The van der Waals surface area contributed by atoms with Gasteiger partial charge in [0.05, 0.1) is 3.79 Å². The molecule has 1 aromatic carbocycles. The fraction of sp³-hybridized carbons (Fsp3) is 0. The fourth-order valence-corrected chi connectivity index (χ4v) is 4.14. The molecule has 3 rings (SSSR count). The van der Waals surface area contributed by atoms with Crippen LogP contribution in [0.5, 0.6) is 11.5 Å². The van der Waals surface area contributed by atoms with E-state index in [0.29, 0.717) is 15.9 Å². The second-order valence-corrected chi connectivity index (χ2v) is 7.77. The molecule has 0 aliphatic carbocycles. The van der Waals surface area contributed by atoms with Gasteiger partial charge in [-0.25, -0.2) is 0 Å². The van der Waals surface area contributed by atoms with Crippen molar-refractivity contribution in [3.63, 3.8) is 0 Å². The zero-order chi connectivity index (χ0) is 14.3. The minimum atomic E-state index is 0.129. The van der Waals surface area contributed by atoms with Crippen LogP contribution in [-0.4, -0.2) is 18.1 Å². The van der Waals surface area contributed by atoms with Gasteiger partial charge in [-0.2, -0.15) is 11.3 Å². The summed E-state index contributed by atoms with van der Waals surface area (Å²) in [5.74, 6) is 0.267. The Labute approximate surface area is 133 Å². The number of phenolic OH excluding ortho intramolecular Hbond substituents is 2. The van der Waals surface area contributed by atoms with Crippen LogP contribution in [0, 0.1) is 0 Å². The molecule has 0 saturated carbocycles. The number of hydrogen-bond donors (Lipinski definition) is 2. The third kappa shape index (κ3) is 2.51. The van der Waals surface area contributed by atoms with Crippen LogP contribution in [0.2, 0.25) is 0 Å². The van der Waals surface area contributed by atoms with Gasteiger partial charge in [0.15, 0.2) is 0 Å². The first-order valence-electron chi connectivity index (χ1n) is 5.72. The highest BCUT2D eigenvalue weighted by atomic mass is 79.9. The van der Waals surface area contributed by atoms with Gasteiger partial charge < -0.3 is 10.2 Å². The lowest BCUT2D eigenvalue weighted by Gasteiger charge is -2.07. The van der Waals surface area contributed by atoms with Crippen molar-refractivity contribution in [1.29, 1.82) is 0 Å². The number of rotatable bonds is 2. The van der Waals surface area contributed by atoms with Gasteiger partial charge in [0.2, 0.25) is 0 Å². The second-order valence-electron chi connectivity index (χ2n) is 4.19. The molecular formula is C14H8BBrO2S2. The highest BCUT2D eigenvalue weighted by Gasteiger charge is 2.14. The maximum absolute atomic E-state index is 10.2. The molecule has 98 valence electrons. The summed E-state index contributed by atoms with van der Waals surface area (Å²) in [7, 11) is 5.70. The average molecular weight is 363 g/mol. The van der Waals surface area contributed by atoms with Gasteiger partial charge in [0, 0.05) is 20.9 Å². The summed E-state index contributed by atoms with van der Waals surface area (Å²) in [5.41, 5.74) is 1.20. The fourth-order valence-electron chi connectivity index (χ4n) is 1.93. The molecule has 0 amide bonds. The molecule has 2 nitrogen and oxygen atoms in total. The maximum Gasteiger partial charge on any atom is 0.128 e. The van der Waals surface area contributed by atoms with Crippen molar-refractivity contribution in [2.45, 2.75) is 0 Å². The van der Waals surface area contributed by atoms with E-state index in [1.807, 2.05) is 18.2 Å². The Morgan fingerprint density at radius 2 is 1.40 bits per heavy atom. The van der Waals surface area contributed by atoms with E-state index in [0.717, 1.165) is 13.5 Å². The zero-order valence-electron chi connectivity index (χ0n) is 10.1. The number of halogens is 1. The summed E-state index contributed by atoms with van der Waals surface area (Å²) < 4.78 is 1.65. The van der Waals surface area contributed by atoms with E-state index in [-0.39, 0.29) is 11.5 Å². The van der Waals surface area contributed by atoms with Crippen molar-refractivity contribution in [2.75, 3.05) is 0 Å². The largest absolute Gasteiger partial charge is 0.507 e. The van der Waals surface area contributed by atoms with Gasteiger partial charge in [0.25, 0.3) is 0 Å². The van der Waals surface area contributed by atoms with Gasteiger partial charge in [-0.05, 0) is 51.0 Å². The lowest BCUT2D eigenvalue weighted by Crippen LogP contribution is -1.88. The molecule has 2 radical (unpaired) electrons. The summed E-state index contributed by atoms with van der Waals surface area (Å²) in [4.78, 5) is 1.72. The summed E-state index contributed by atoms with van der Waals surface area (Å²) in [6.45, 7) is 0. The van der Waals surface area contributed by atoms with Gasteiger partial charge >= 0.3 is 0 Å². The first-order valence-corrected chi connectivity index (χ1v) is 8.14. The van der Waals surface area contributed by atoms with E-state index < -0.39 is 0 Å². The molecule has 0 atom stereocenters. The summed E-state index contributed by atoms with van der Waals surface area (Å²) >= 11 is 6.26.